The Morgan fingerprint density at radius 2 is 1.67 bits per heavy atom. The second kappa shape index (κ2) is 5.54. The van der Waals surface area contributed by atoms with Crippen molar-refractivity contribution in [1.29, 1.82) is 0 Å². The lowest BCUT2D eigenvalue weighted by molar-refractivity contribution is -0.123. The van der Waals surface area contributed by atoms with E-state index in [1.165, 1.54) is 18.2 Å². The molecule has 1 heterocycles. The maximum atomic E-state index is 12.9. The molecule has 1 saturated heterocycles. The largest absolute Gasteiger partial charge is 0.478 e. The van der Waals surface area contributed by atoms with Crippen LogP contribution in [0.25, 0.3) is 0 Å². The topological polar surface area (TPSA) is 74.7 Å². The van der Waals surface area contributed by atoms with E-state index in [4.69, 9.17) is 11.6 Å². The summed E-state index contributed by atoms with van der Waals surface area (Å²) >= 11 is 13.2. The first-order valence-electron chi connectivity index (χ1n) is 7.51. The number of halogens is 3. The fraction of sp³-hybridized carbons (Fsp3) is 0.438. The van der Waals surface area contributed by atoms with Crippen LogP contribution in [0.3, 0.4) is 0 Å². The van der Waals surface area contributed by atoms with Crippen molar-refractivity contribution in [2.24, 2.45) is 23.7 Å². The Morgan fingerprint density at radius 3 is 2.17 bits per heavy atom. The van der Waals surface area contributed by atoms with E-state index >= 15 is 0 Å². The van der Waals surface area contributed by atoms with Gasteiger partial charge in [0.05, 0.1) is 28.1 Å². The summed E-state index contributed by atoms with van der Waals surface area (Å²) in [5.41, 5.74) is 0.157. The highest BCUT2D eigenvalue weighted by molar-refractivity contribution is 9.12. The number of carbonyl (C=O) groups is 3. The van der Waals surface area contributed by atoms with E-state index in [9.17, 15) is 19.5 Å². The molecule has 5 nitrogen and oxygen atoms in total. The number of anilines is 1. The van der Waals surface area contributed by atoms with Crippen LogP contribution in [0.2, 0.25) is 5.02 Å². The lowest BCUT2D eigenvalue weighted by Crippen LogP contribution is -2.37. The van der Waals surface area contributed by atoms with Crippen molar-refractivity contribution in [2.75, 3.05) is 4.90 Å². The lowest BCUT2D eigenvalue weighted by atomic mass is 9.81. The Bertz CT molecular complexity index is 753. The molecule has 0 aromatic heterocycles. The van der Waals surface area contributed by atoms with E-state index in [0.717, 1.165) is 11.3 Å². The number of carbonyl (C=O) groups excluding carboxylic acids is 2. The molecular formula is C16H12Br2ClNO4. The van der Waals surface area contributed by atoms with Gasteiger partial charge in [0, 0.05) is 9.65 Å². The first-order chi connectivity index (χ1) is 11.3. The van der Waals surface area contributed by atoms with Crippen molar-refractivity contribution in [2.45, 2.75) is 16.1 Å². The molecule has 1 aromatic rings. The average molecular weight is 478 g/mol. The van der Waals surface area contributed by atoms with Crippen LogP contribution in [0.1, 0.15) is 16.8 Å². The molecule has 6 atom stereocenters. The molecule has 2 bridgehead atoms. The smallest absolute Gasteiger partial charge is 0.337 e. The molecule has 1 aliphatic heterocycles. The molecule has 0 radical (unpaired) electrons. The third kappa shape index (κ3) is 2.07. The molecule has 3 aliphatic rings. The predicted octanol–water partition coefficient (Wildman–Crippen LogP) is 3.32. The quantitative estimate of drug-likeness (QED) is 0.524. The summed E-state index contributed by atoms with van der Waals surface area (Å²) in [4.78, 5) is 38.5. The first kappa shape index (κ1) is 16.5. The number of alkyl halides is 2. The fourth-order valence-electron chi connectivity index (χ4n) is 4.42. The minimum absolute atomic E-state index is 0.0756. The van der Waals surface area contributed by atoms with Crippen LogP contribution < -0.4 is 4.90 Å². The van der Waals surface area contributed by atoms with Crippen molar-refractivity contribution in [3.05, 3.63) is 28.8 Å². The second-order valence-electron chi connectivity index (χ2n) is 6.49. The summed E-state index contributed by atoms with van der Waals surface area (Å²) in [5.74, 6) is -2.08. The van der Waals surface area contributed by atoms with E-state index in [1.54, 1.807) is 0 Å². The molecular weight excluding hydrogens is 465 g/mol. The van der Waals surface area contributed by atoms with Gasteiger partial charge in [0.1, 0.15) is 0 Å². The number of benzene rings is 1. The minimum Gasteiger partial charge on any atom is -0.478 e. The number of fused-ring (bicyclic) bond motifs is 5. The Morgan fingerprint density at radius 1 is 1.12 bits per heavy atom. The van der Waals surface area contributed by atoms with Gasteiger partial charge in [-0.15, -0.1) is 0 Å². The molecule has 0 spiro atoms. The summed E-state index contributed by atoms with van der Waals surface area (Å²) in [6, 6.07) is 4.22. The highest BCUT2D eigenvalue weighted by Gasteiger charge is 2.66. The number of hydrogen-bond acceptors (Lipinski definition) is 3. The number of hydrogen-bond donors (Lipinski definition) is 1. The summed E-state index contributed by atoms with van der Waals surface area (Å²) in [6.07, 6.45) is 0.855. The predicted molar refractivity (Wildman–Crippen MR) is 94.9 cm³/mol. The summed E-state index contributed by atoms with van der Waals surface area (Å²) < 4.78 is 0. The zero-order chi connectivity index (χ0) is 17.3. The fourth-order valence-corrected chi connectivity index (χ4v) is 6.49. The first-order valence-corrected chi connectivity index (χ1v) is 9.72. The number of imide groups is 1. The minimum atomic E-state index is -1.19. The van der Waals surface area contributed by atoms with Crippen molar-refractivity contribution >= 4 is 66.9 Å². The molecule has 2 amide bonds. The maximum absolute atomic E-state index is 12.9. The highest BCUT2D eigenvalue weighted by atomic mass is 79.9. The molecule has 4 rings (SSSR count). The number of nitrogens with zero attached hydrogens (tertiary/aromatic N) is 1. The van der Waals surface area contributed by atoms with Crippen molar-refractivity contribution in [3.8, 4) is 0 Å². The number of rotatable bonds is 2. The number of carboxylic acid groups (broad SMARTS) is 1. The Labute approximate surface area is 159 Å². The standard InChI is InChI=1S/C16H12Br2ClNO4/c17-12-7-4-8(13(12)18)11-10(7)14(21)20(15(11)22)5-1-2-9(19)6(3-5)16(23)24/h1-3,7-8,10-13H,4H2,(H,23,24)/t7-,8-,10-,11-,12+,13+/m1/s1. The van der Waals surface area contributed by atoms with Crippen LogP contribution in [-0.4, -0.2) is 32.5 Å². The van der Waals surface area contributed by atoms with Gasteiger partial charge in [-0.05, 0) is 36.5 Å². The third-order valence-corrected chi connectivity index (χ3v) is 8.96. The molecule has 126 valence electrons. The molecule has 2 saturated carbocycles. The van der Waals surface area contributed by atoms with Crippen molar-refractivity contribution in [1.82, 2.24) is 0 Å². The van der Waals surface area contributed by atoms with E-state index in [0.29, 0.717) is 0 Å². The van der Waals surface area contributed by atoms with Crippen LogP contribution in [0.15, 0.2) is 18.2 Å². The normalized spacial score (nSPS) is 37.2. The molecule has 24 heavy (non-hydrogen) atoms. The van der Waals surface area contributed by atoms with E-state index in [-0.39, 0.29) is 61.4 Å². The molecule has 1 N–H and O–H groups in total. The molecule has 3 fully saturated rings. The Kier molecular flexibility index (Phi) is 3.82. The van der Waals surface area contributed by atoms with Gasteiger partial charge in [0.2, 0.25) is 11.8 Å². The monoisotopic (exact) mass is 475 g/mol. The number of aromatic carboxylic acids is 1. The summed E-state index contributed by atoms with van der Waals surface area (Å²) in [6.45, 7) is 0. The third-order valence-electron chi connectivity index (χ3n) is 5.43. The van der Waals surface area contributed by atoms with Gasteiger partial charge >= 0.3 is 5.97 Å². The molecule has 2 aliphatic carbocycles. The highest BCUT2D eigenvalue weighted by Crippen LogP contribution is 2.60. The molecule has 8 heteroatoms. The van der Waals surface area contributed by atoms with Crippen LogP contribution in [0.4, 0.5) is 5.69 Å². The number of amides is 2. The van der Waals surface area contributed by atoms with E-state index in [2.05, 4.69) is 31.9 Å². The average Bonchev–Trinajstić information content (AvgIpc) is 3.13. The number of carboxylic acids is 1. The van der Waals surface area contributed by atoms with Crippen LogP contribution in [0, 0.1) is 23.7 Å². The van der Waals surface area contributed by atoms with Crippen molar-refractivity contribution < 1.29 is 19.5 Å². The van der Waals surface area contributed by atoms with Gasteiger partial charge in [-0.25, -0.2) is 4.79 Å². The van der Waals surface area contributed by atoms with Crippen LogP contribution >= 0.6 is 43.5 Å². The van der Waals surface area contributed by atoms with E-state index < -0.39 is 5.97 Å². The molecule has 1 aromatic carbocycles. The zero-order valence-electron chi connectivity index (χ0n) is 12.2. The van der Waals surface area contributed by atoms with Crippen molar-refractivity contribution in [3.63, 3.8) is 0 Å². The molecule has 0 unspecified atom stereocenters. The Balaban J connectivity index is 1.74. The van der Waals surface area contributed by atoms with Gasteiger partial charge in [-0.2, -0.15) is 0 Å². The maximum Gasteiger partial charge on any atom is 0.337 e. The van der Waals surface area contributed by atoms with Crippen LogP contribution in [-0.2, 0) is 9.59 Å². The van der Waals surface area contributed by atoms with Gasteiger partial charge in [0.25, 0.3) is 0 Å². The zero-order valence-corrected chi connectivity index (χ0v) is 16.1. The van der Waals surface area contributed by atoms with E-state index in [1.807, 2.05) is 0 Å². The summed E-state index contributed by atoms with van der Waals surface area (Å²) in [5, 5.41) is 9.28. The second-order valence-corrected chi connectivity index (χ2v) is 9.01. The van der Waals surface area contributed by atoms with Gasteiger partial charge < -0.3 is 5.11 Å². The van der Waals surface area contributed by atoms with Gasteiger partial charge in [0.15, 0.2) is 0 Å². The van der Waals surface area contributed by atoms with Crippen LogP contribution in [0.5, 0.6) is 0 Å². The Hall–Kier alpha value is -0.920. The lowest BCUT2D eigenvalue weighted by Gasteiger charge is -2.28. The summed E-state index contributed by atoms with van der Waals surface area (Å²) in [7, 11) is 0. The van der Waals surface area contributed by atoms with Gasteiger partial charge in [-0.1, -0.05) is 43.5 Å². The van der Waals surface area contributed by atoms with Gasteiger partial charge in [-0.3, -0.25) is 14.5 Å². The SMILES string of the molecule is O=C(O)c1cc(N2C(=O)[C@@H]3[C@H]4C[C@@H]([C@H](Br)[C@H]4Br)[C@H]3C2=O)ccc1Cl.